The second-order valence-electron chi connectivity index (χ2n) is 8.51. The molecule has 3 aromatic carbocycles. The lowest BCUT2D eigenvalue weighted by Crippen LogP contribution is -2.45. The number of anilines is 1. The standard InChI is InChI=1S/C27H28N2O2/c30-27(21-14-15-21)29-18-23-11-4-6-12-25(23)28-17-22-10-5-7-13-26(22)31-19-24(29)16-20-8-2-1-3-9-20/h1-13,21,24,28H,14-19H2/t24-/m0/s1. The van der Waals surface area contributed by atoms with E-state index in [0.29, 0.717) is 19.7 Å². The zero-order valence-corrected chi connectivity index (χ0v) is 17.7. The highest BCUT2D eigenvalue weighted by Gasteiger charge is 2.37. The molecule has 0 spiro atoms. The molecule has 0 aromatic heterocycles. The molecule has 4 nitrogen and oxygen atoms in total. The molecular formula is C27H28N2O2. The summed E-state index contributed by atoms with van der Waals surface area (Å²) in [7, 11) is 0. The van der Waals surface area contributed by atoms with E-state index in [0.717, 1.165) is 41.8 Å². The van der Waals surface area contributed by atoms with Crippen LogP contribution in [0.15, 0.2) is 78.9 Å². The van der Waals surface area contributed by atoms with Gasteiger partial charge in [0.05, 0.1) is 6.04 Å². The van der Waals surface area contributed by atoms with Crippen molar-refractivity contribution >= 4 is 11.6 Å². The number of nitrogens with zero attached hydrogens (tertiary/aromatic N) is 1. The molecule has 3 aromatic rings. The lowest BCUT2D eigenvalue weighted by molar-refractivity contribution is -0.136. The largest absolute Gasteiger partial charge is 0.491 e. The molecule has 1 N–H and O–H groups in total. The number of amides is 1. The van der Waals surface area contributed by atoms with Gasteiger partial charge in [-0.2, -0.15) is 0 Å². The van der Waals surface area contributed by atoms with Gasteiger partial charge in [-0.05, 0) is 42.5 Å². The smallest absolute Gasteiger partial charge is 0.226 e. The Morgan fingerprint density at radius 2 is 1.61 bits per heavy atom. The number of nitrogens with one attached hydrogen (secondary N) is 1. The van der Waals surface area contributed by atoms with Gasteiger partial charge in [0.15, 0.2) is 0 Å². The molecule has 31 heavy (non-hydrogen) atoms. The van der Waals surface area contributed by atoms with E-state index in [1.807, 2.05) is 30.3 Å². The molecule has 1 fully saturated rings. The Kier molecular flexibility index (Phi) is 5.61. The second-order valence-corrected chi connectivity index (χ2v) is 8.51. The van der Waals surface area contributed by atoms with Crippen molar-refractivity contribution in [2.24, 2.45) is 5.92 Å². The van der Waals surface area contributed by atoms with Crippen LogP contribution in [0.3, 0.4) is 0 Å². The maximum atomic E-state index is 13.4. The molecule has 1 aliphatic heterocycles. The van der Waals surface area contributed by atoms with Crippen molar-refractivity contribution in [3.8, 4) is 5.75 Å². The summed E-state index contributed by atoms with van der Waals surface area (Å²) in [5, 5.41) is 3.57. The van der Waals surface area contributed by atoms with Crippen LogP contribution in [0.4, 0.5) is 5.69 Å². The first-order valence-corrected chi connectivity index (χ1v) is 11.1. The number of hydrogen-bond acceptors (Lipinski definition) is 3. The first kappa shape index (κ1) is 19.7. The van der Waals surface area contributed by atoms with Gasteiger partial charge in [0, 0.05) is 30.3 Å². The SMILES string of the molecule is O=C(C1CC1)N1Cc2ccccc2NCc2ccccc2OC[C@@H]1Cc1ccccc1. The second kappa shape index (κ2) is 8.84. The van der Waals surface area contributed by atoms with Gasteiger partial charge in [0.25, 0.3) is 0 Å². The van der Waals surface area contributed by atoms with E-state index in [1.54, 1.807) is 0 Å². The average Bonchev–Trinajstić information content (AvgIpc) is 3.66. The molecule has 5 rings (SSSR count). The van der Waals surface area contributed by atoms with Gasteiger partial charge >= 0.3 is 0 Å². The first-order chi connectivity index (χ1) is 15.3. The third-order valence-electron chi connectivity index (χ3n) is 6.20. The summed E-state index contributed by atoms with van der Waals surface area (Å²) >= 11 is 0. The van der Waals surface area contributed by atoms with E-state index in [1.165, 1.54) is 5.56 Å². The highest BCUT2D eigenvalue weighted by Crippen LogP contribution is 2.34. The van der Waals surface area contributed by atoms with Crippen molar-refractivity contribution in [2.45, 2.75) is 38.4 Å². The minimum absolute atomic E-state index is 0.0327. The number of benzene rings is 3. The Hall–Kier alpha value is -3.27. The molecule has 0 unspecified atom stereocenters. The molecular weight excluding hydrogens is 384 g/mol. The summed E-state index contributed by atoms with van der Waals surface area (Å²) in [6.45, 7) is 1.76. The van der Waals surface area contributed by atoms with E-state index < -0.39 is 0 Å². The summed E-state index contributed by atoms with van der Waals surface area (Å²) < 4.78 is 6.35. The van der Waals surface area contributed by atoms with Crippen LogP contribution in [-0.4, -0.2) is 23.5 Å². The lowest BCUT2D eigenvalue weighted by Gasteiger charge is -2.33. The lowest BCUT2D eigenvalue weighted by atomic mass is 10.0. The monoisotopic (exact) mass is 412 g/mol. The number of hydrogen-bond donors (Lipinski definition) is 1. The van der Waals surface area contributed by atoms with E-state index in [9.17, 15) is 4.79 Å². The van der Waals surface area contributed by atoms with E-state index in [2.05, 4.69) is 58.7 Å². The van der Waals surface area contributed by atoms with E-state index in [4.69, 9.17) is 4.74 Å². The molecule has 4 heteroatoms. The third kappa shape index (κ3) is 4.58. The summed E-state index contributed by atoms with van der Waals surface area (Å²) in [6, 6.07) is 26.9. The number of ether oxygens (including phenoxy) is 1. The number of carbonyl (C=O) groups excluding carboxylic acids is 1. The number of para-hydroxylation sites is 2. The average molecular weight is 413 g/mol. The van der Waals surface area contributed by atoms with Crippen LogP contribution in [0.5, 0.6) is 5.75 Å². The Bertz CT molecular complexity index is 1050. The predicted octanol–water partition coefficient (Wildman–Crippen LogP) is 5.04. The van der Waals surface area contributed by atoms with Gasteiger partial charge in [0.2, 0.25) is 5.91 Å². The van der Waals surface area contributed by atoms with Crippen LogP contribution in [0.2, 0.25) is 0 Å². The predicted molar refractivity (Wildman–Crippen MR) is 123 cm³/mol. The molecule has 0 bridgehead atoms. The molecule has 1 aliphatic carbocycles. The maximum Gasteiger partial charge on any atom is 0.226 e. The van der Waals surface area contributed by atoms with Gasteiger partial charge < -0.3 is 15.0 Å². The van der Waals surface area contributed by atoms with E-state index in [-0.39, 0.29) is 17.9 Å². The van der Waals surface area contributed by atoms with Crippen molar-refractivity contribution in [2.75, 3.05) is 11.9 Å². The first-order valence-electron chi connectivity index (χ1n) is 11.1. The van der Waals surface area contributed by atoms with Crippen LogP contribution in [-0.2, 0) is 24.3 Å². The quantitative estimate of drug-likeness (QED) is 0.655. The van der Waals surface area contributed by atoms with Gasteiger partial charge in [-0.25, -0.2) is 0 Å². The molecule has 1 amide bonds. The minimum atomic E-state index is -0.0327. The summed E-state index contributed by atoms with van der Waals surface area (Å²) in [6.07, 6.45) is 2.77. The van der Waals surface area contributed by atoms with Crippen molar-refractivity contribution in [3.05, 3.63) is 95.6 Å². The molecule has 0 radical (unpaired) electrons. The van der Waals surface area contributed by atoms with Crippen molar-refractivity contribution < 1.29 is 9.53 Å². The zero-order valence-electron chi connectivity index (χ0n) is 17.7. The molecule has 2 aliphatic rings. The fourth-order valence-corrected chi connectivity index (χ4v) is 4.28. The highest BCUT2D eigenvalue weighted by atomic mass is 16.5. The highest BCUT2D eigenvalue weighted by molar-refractivity contribution is 5.81. The molecule has 1 saturated carbocycles. The number of rotatable bonds is 3. The summed E-state index contributed by atoms with van der Waals surface area (Å²) in [4.78, 5) is 15.5. The fourth-order valence-electron chi connectivity index (χ4n) is 4.28. The van der Waals surface area contributed by atoms with Crippen molar-refractivity contribution in [3.63, 3.8) is 0 Å². The summed E-state index contributed by atoms with van der Waals surface area (Å²) in [5.74, 6) is 1.30. The zero-order chi connectivity index (χ0) is 21.0. The topological polar surface area (TPSA) is 41.6 Å². The van der Waals surface area contributed by atoms with Crippen LogP contribution >= 0.6 is 0 Å². The van der Waals surface area contributed by atoms with E-state index >= 15 is 0 Å². The molecule has 1 heterocycles. The Balaban J connectivity index is 1.54. The van der Waals surface area contributed by atoms with Crippen LogP contribution in [0, 0.1) is 5.92 Å². The maximum absolute atomic E-state index is 13.4. The molecule has 158 valence electrons. The Labute approximate surface area is 183 Å². The van der Waals surface area contributed by atoms with Crippen LogP contribution < -0.4 is 10.1 Å². The van der Waals surface area contributed by atoms with Crippen molar-refractivity contribution in [1.82, 2.24) is 4.90 Å². The van der Waals surface area contributed by atoms with Gasteiger partial charge in [0.1, 0.15) is 12.4 Å². The van der Waals surface area contributed by atoms with Gasteiger partial charge in [-0.15, -0.1) is 0 Å². The molecule has 0 saturated heterocycles. The third-order valence-corrected chi connectivity index (χ3v) is 6.20. The number of fused-ring (bicyclic) bond motifs is 2. The normalized spacial score (nSPS) is 18.6. The van der Waals surface area contributed by atoms with Crippen LogP contribution in [0.1, 0.15) is 29.5 Å². The van der Waals surface area contributed by atoms with Crippen molar-refractivity contribution in [1.29, 1.82) is 0 Å². The van der Waals surface area contributed by atoms with Crippen LogP contribution in [0.25, 0.3) is 0 Å². The Morgan fingerprint density at radius 1 is 0.903 bits per heavy atom. The minimum Gasteiger partial charge on any atom is -0.491 e. The summed E-state index contributed by atoms with van der Waals surface area (Å²) in [5.41, 5.74) is 4.57. The number of carbonyl (C=O) groups is 1. The molecule has 1 atom stereocenters. The van der Waals surface area contributed by atoms with Gasteiger partial charge in [-0.3, -0.25) is 4.79 Å². The Morgan fingerprint density at radius 3 is 2.42 bits per heavy atom. The fraction of sp³-hybridized carbons (Fsp3) is 0.296. The van der Waals surface area contributed by atoms with Gasteiger partial charge in [-0.1, -0.05) is 66.7 Å².